The van der Waals surface area contributed by atoms with Gasteiger partial charge >= 0.3 is 5.97 Å². The molecular weight excluding hydrogens is 238 g/mol. The Morgan fingerprint density at radius 3 is 2.76 bits per heavy atom. The van der Waals surface area contributed by atoms with Crippen LogP contribution in [-0.4, -0.2) is 17.6 Å². The van der Waals surface area contributed by atoms with Crippen LogP contribution in [0.5, 0.6) is 0 Å². The van der Waals surface area contributed by atoms with E-state index in [0.717, 1.165) is 23.1 Å². The predicted molar refractivity (Wildman–Crippen MR) is 68.7 cm³/mol. The lowest BCUT2D eigenvalue weighted by Gasteiger charge is -2.03. The highest BCUT2D eigenvalue weighted by Gasteiger charge is 2.19. The lowest BCUT2D eigenvalue weighted by atomic mass is 10.1. The van der Waals surface area contributed by atoms with Crippen LogP contribution in [0.15, 0.2) is 18.2 Å². The summed E-state index contributed by atoms with van der Waals surface area (Å²) in [4.78, 5) is 11.8. The minimum absolute atomic E-state index is 0.318. The van der Waals surface area contributed by atoms with Crippen molar-refractivity contribution in [1.82, 2.24) is 4.57 Å². The number of nitrogens with zero attached hydrogens (tertiary/aromatic N) is 1. The van der Waals surface area contributed by atoms with Crippen molar-refractivity contribution in [1.29, 1.82) is 0 Å². The standard InChI is InChI=1S/C13H14ClNO2/c1-4-15-8(2)12(13(16)17-3)10-7-9(14)5-6-11(10)15/h5-7H,4H2,1-3H3. The van der Waals surface area contributed by atoms with Gasteiger partial charge in [0, 0.05) is 28.2 Å². The number of aryl methyl sites for hydroxylation is 1. The fourth-order valence-corrected chi connectivity index (χ4v) is 2.39. The summed E-state index contributed by atoms with van der Waals surface area (Å²) in [7, 11) is 1.39. The molecule has 1 aromatic carbocycles. The summed E-state index contributed by atoms with van der Waals surface area (Å²) in [6, 6.07) is 5.57. The summed E-state index contributed by atoms with van der Waals surface area (Å²) in [6.07, 6.45) is 0. The minimum atomic E-state index is -0.318. The van der Waals surface area contributed by atoms with Gasteiger partial charge in [-0.1, -0.05) is 11.6 Å². The highest BCUT2D eigenvalue weighted by Crippen LogP contribution is 2.28. The van der Waals surface area contributed by atoms with Crippen LogP contribution in [0.2, 0.25) is 5.02 Å². The molecule has 0 fully saturated rings. The summed E-state index contributed by atoms with van der Waals surface area (Å²) >= 11 is 5.98. The van der Waals surface area contributed by atoms with Gasteiger partial charge in [0.2, 0.25) is 0 Å². The van der Waals surface area contributed by atoms with Gasteiger partial charge in [-0.25, -0.2) is 4.79 Å². The Morgan fingerprint density at radius 2 is 2.18 bits per heavy atom. The second kappa shape index (κ2) is 4.41. The number of methoxy groups -OCH3 is 1. The molecular formula is C13H14ClNO2. The molecule has 0 unspecified atom stereocenters. The summed E-state index contributed by atoms with van der Waals surface area (Å²) in [5.41, 5.74) is 2.53. The number of hydrogen-bond donors (Lipinski definition) is 0. The Kier molecular flexibility index (Phi) is 3.11. The topological polar surface area (TPSA) is 31.2 Å². The molecule has 0 saturated heterocycles. The third kappa shape index (κ3) is 1.80. The van der Waals surface area contributed by atoms with Crippen molar-refractivity contribution in [2.75, 3.05) is 7.11 Å². The Morgan fingerprint density at radius 1 is 1.47 bits per heavy atom. The van der Waals surface area contributed by atoms with E-state index in [1.807, 2.05) is 32.0 Å². The summed E-state index contributed by atoms with van der Waals surface area (Å²) in [6.45, 7) is 4.77. The normalized spacial score (nSPS) is 10.8. The van der Waals surface area contributed by atoms with Crippen molar-refractivity contribution in [3.8, 4) is 0 Å². The Bertz CT molecular complexity index is 587. The lowest BCUT2D eigenvalue weighted by molar-refractivity contribution is 0.0602. The maximum absolute atomic E-state index is 11.8. The summed E-state index contributed by atoms with van der Waals surface area (Å²) in [5, 5.41) is 1.47. The molecule has 3 nitrogen and oxygen atoms in total. The molecule has 0 aliphatic carbocycles. The molecule has 0 spiro atoms. The number of carbonyl (C=O) groups is 1. The highest BCUT2D eigenvalue weighted by molar-refractivity contribution is 6.31. The first kappa shape index (κ1) is 12.0. The predicted octanol–water partition coefficient (Wildman–Crippen LogP) is 3.41. The van der Waals surface area contributed by atoms with E-state index in [1.54, 1.807) is 0 Å². The van der Waals surface area contributed by atoms with Crippen molar-refractivity contribution in [3.63, 3.8) is 0 Å². The maximum Gasteiger partial charge on any atom is 0.340 e. The fraction of sp³-hybridized carbons (Fsp3) is 0.308. The zero-order chi connectivity index (χ0) is 12.6. The van der Waals surface area contributed by atoms with Crippen molar-refractivity contribution < 1.29 is 9.53 Å². The molecule has 2 aromatic rings. The second-order valence-corrected chi connectivity index (χ2v) is 4.29. The molecule has 2 rings (SSSR count). The van der Waals surface area contributed by atoms with Gasteiger partial charge in [0.05, 0.1) is 12.7 Å². The molecule has 4 heteroatoms. The Labute approximate surface area is 105 Å². The molecule has 17 heavy (non-hydrogen) atoms. The van der Waals surface area contributed by atoms with Crippen molar-refractivity contribution in [2.24, 2.45) is 0 Å². The minimum Gasteiger partial charge on any atom is -0.465 e. The van der Waals surface area contributed by atoms with Crippen LogP contribution >= 0.6 is 11.6 Å². The van der Waals surface area contributed by atoms with Gasteiger partial charge in [-0.2, -0.15) is 0 Å². The van der Waals surface area contributed by atoms with Crippen LogP contribution in [0.25, 0.3) is 10.9 Å². The monoisotopic (exact) mass is 251 g/mol. The second-order valence-electron chi connectivity index (χ2n) is 3.86. The zero-order valence-electron chi connectivity index (χ0n) is 10.1. The van der Waals surface area contributed by atoms with E-state index in [9.17, 15) is 4.79 Å². The summed E-state index contributed by atoms with van der Waals surface area (Å²) in [5.74, 6) is -0.318. The van der Waals surface area contributed by atoms with Gasteiger partial charge in [0.15, 0.2) is 0 Å². The van der Waals surface area contributed by atoms with E-state index in [2.05, 4.69) is 4.57 Å². The first-order chi connectivity index (χ1) is 8.10. The van der Waals surface area contributed by atoms with Gasteiger partial charge in [0.1, 0.15) is 0 Å². The van der Waals surface area contributed by atoms with Crippen molar-refractivity contribution >= 4 is 28.5 Å². The molecule has 1 heterocycles. The molecule has 0 saturated carbocycles. The number of rotatable bonds is 2. The molecule has 0 radical (unpaired) electrons. The van der Waals surface area contributed by atoms with E-state index < -0.39 is 0 Å². The molecule has 0 aliphatic rings. The third-order valence-electron chi connectivity index (χ3n) is 2.99. The Balaban J connectivity index is 2.85. The molecule has 1 aromatic heterocycles. The quantitative estimate of drug-likeness (QED) is 0.766. The van der Waals surface area contributed by atoms with E-state index in [4.69, 9.17) is 16.3 Å². The largest absolute Gasteiger partial charge is 0.465 e. The van der Waals surface area contributed by atoms with Gasteiger partial charge < -0.3 is 9.30 Å². The number of benzene rings is 1. The van der Waals surface area contributed by atoms with Gasteiger partial charge in [-0.05, 0) is 32.0 Å². The fourth-order valence-electron chi connectivity index (χ4n) is 2.22. The number of hydrogen-bond acceptors (Lipinski definition) is 2. The highest BCUT2D eigenvalue weighted by atomic mass is 35.5. The van der Waals surface area contributed by atoms with E-state index in [-0.39, 0.29) is 5.97 Å². The van der Waals surface area contributed by atoms with Crippen LogP contribution in [0.4, 0.5) is 0 Å². The molecule has 0 atom stereocenters. The van der Waals surface area contributed by atoms with Crippen LogP contribution in [0, 0.1) is 6.92 Å². The molecule has 0 bridgehead atoms. The first-order valence-corrected chi connectivity index (χ1v) is 5.84. The smallest absolute Gasteiger partial charge is 0.340 e. The number of esters is 1. The third-order valence-corrected chi connectivity index (χ3v) is 3.23. The van der Waals surface area contributed by atoms with Gasteiger partial charge in [-0.3, -0.25) is 0 Å². The van der Waals surface area contributed by atoms with Crippen molar-refractivity contribution in [3.05, 3.63) is 34.5 Å². The number of carbonyl (C=O) groups excluding carboxylic acids is 1. The number of halogens is 1. The zero-order valence-corrected chi connectivity index (χ0v) is 10.8. The first-order valence-electron chi connectivity index (χ1n) is 5.46. The SMILES string of the molecule is CCn1c(C)c(C(=O)OC)c2cc(Cl)ccc21. The molecule has 0 aliphatic heterocycles. The maximum atomic E-state index is 11.8. The van der Waals surface area contributed by atoms with E-state index in [0.29, 0.717) is 10.6 Å². The lowest BCUT2D eigenvalue weighted by Crippen LogP contribution is -2.04. The van der Waals surface area contributed by atoms with Crippen LogP contribution in [0.1, 0.15) is 23.0 Å². The van der Waals surface area contributed by atoms with Crippen LogP contribution < -0.4 is 0 Å². The van der Waals surface area contributed by atoms with E-state index in [1.165, 1.54) is 7.11 Å². The van der Waals surface area contributed by atoms with Crippen LogP contribution in [-0.2, 0) is 11.3 Å². The average molecular weight is 252 g/mol. The Hall–Kier alpha value is -1.48. The van der Waals surface area contributed by atoms with E-state index >= 15 is 0 Å². The number of aromatic nitrogens is 1. The molecule has 90 valence electrons. The number of ether oxygens (including phenoxy) is 1. The van der Waals surface area contributed by atoms with Crippen LogP contribution in [0.3, 0.4) is 0 Å². The average Bonchev–Trinajstić information content (AvgIpc) is 2.59. The number of fused-ring (bicyclic) bond motifs is 1. The van der Waals surface area contributed by atoms with Crippen molar-refractivity contribution in [2.45, 2.75) is 20.4 Å². The van der Waals surface area contributed by atoms with Gasteiger partial charge in [-0.15, -0.1) is 0 Å². The molecule has 0 N–H and O–H groups in total. The summed E-state index contributed by atoms with van der Waals surface area (Å²) < 4.78 is 6.91. The molecule has 0 amide bonds. The van der Waals surface area contributed by atoms with Gasteiger partial charge in [0.25, 0.3) is 0 Å².